The van der Waals surface area contributed by atoms with Crippen LogP contribution in [0.1, 0.15) is 24.5 Å². The van der Waals surface area contributed by atoms with E-state index in [2.05, 4.69) is 37.0 Å². The number of benzene rings is 2. The fourth-order valence-electron chi connectivity index (χ4n) is 3.75. The highest BCUT2D eigenvalue weighted by Crippen LogP contribution is 2.38. The van der Waals surface area contributed by atoms with E-state index in [0.717, 1.165) is 34.6 Å². The fraction of sp³-hybridized carbons (Fsp3) is 0.360. The van der Waals surface area contributed by atoms with Crippen LogP contribution >= 0.6 is 47.4 Å². The van der Waals surface area contributed by atoms with Crippen molar-refractivity contribution in [2.24, 2.45) is 0 Å². The number of thiol groups is 1. The average molecular weight is 513 g/mol. The summed E-state index contributed by atoms with van der Waals surface area (Å²) >= 11 is 22.4. The summed E-state index contributed by atoms with van der Waals surface area (Å²) in [5, 5.41) is 4.50. The predicted molar refractivity (Wildman–Crippen MR) is 137 cm³/mol. The minimum absolute atomic E-state index is 0.192. The van der Waals surface area contributed by atoms with Gasteiger partial charge in [0.25, 0.3) is 0 Å². The first-order valence-corrected chi connectivity index (χ1v) is 12.3. The molecule has 2 unspecified atom stereocenters. The number of piperidine rings is 1. The van der Waals surface area contributed by atoms with E-state index in [9.17, 15) is 0 Å². The molecule has 0 aliphatic carbocycles. The molecular formula is C25H28Cl3NO2S. The first kappa shape index (κ1) is 25.6. The van der Waals surface area contributed by atoms with Crippen molar-refractivity contribution >= 4 is 47.4 Å². The third-order valence-corrected chi connectivity index (χ3v) is 6.69. The first-order valence-electron chi connectivity index (χ1n) is 10.5. The molecule has 1 N–H and O–H groups in total. The molecule has 3 nitrogen and oxygen atoms in total. The Morgan fingerprint density at radius 1 is 1.19 bits per heavy atom. The Morgan fingerprint density at radius 3 is 2.69 bits per heavy atom. The molecule has 0 aromatic heterocycles. The Labute approximate surface area is 211 Å². The van der Waals surface area contributed by atoms with Gasteiger partial charge in [-0.2, -0.15) is 0 Å². The predicted octanol–water partition coefficient (Wildman–Crippen LogP) is 6.81. The molecule has 1 fully saturated rings. The average Bonchev–Trinajstić information content (AvgIpc) is 2.79. The van der Waals surface area contributed by atoms with Gasteiger partial charge >= 0.3 is 0 Å². The maximum absolute atomic E-state index is 6.66. The lowest BCUT2D eigenvalue weighted by Gasteiger charge is -2.44. The SMILES string of the molecule is C/C(=C\C=C/CCl)COC1(c2ccc(S)cc2)CCNCC1OCc1ccc(Cl)c(Cl)c1. The number of alkyl halides is 1. The Bertz CT molecular complexity index is 949. The van der Waals surface area contributed by atoms with Gasteiger partial charge in [-0.3, -0.25) is 0 Å². The number of halogens is 3. The number of hydrogen-bond donors (Lipinski definition) is 2. The fourth-order valence-corrected chi connectivity index (χ4v) is 4.32. The van der Waals surface area contributed by atoms with E-state index in [1.165, 1.54) is 0 Å². The van der Waals surface area contributed by atoms with Crippen molar-refractivity contribution in [3.63, 3.8) is 0 Å². The molecule has 3 rings (SSSR count). The molecular weight excluding hydrogens is 485 g/mol. The van der Waals surface area contributed by atoms with Crippen LogP contribution in [-0.4, -0.2) is 31.7 Å². The molecule has 7 heteroatoms. The highest BCUT2D eigenvalue weighted by molar-refractivity contribution is 7.80. The van der Waals surface area contributed by atoms with Gasteiger partial charge in [-0.1, -0.05) is 59.6 Å². The molecule has 1 heterocycles. The highest BCUT2D eigenvalue weighted by Gasteiger charge is 2.44. The molecule has 0 bridgehead atoms. The van der Waals surface area contributed by atoms with E-state index < -0.39 is 5.60 Å². The molecule has 0 spiro atoms. The van der Waals surface area contributed by atoms with Crippen molar-refractivity contribution < 1.29 is 9.47 Å². The number of nitrogens with one attached hydrogen (secondary N) is 1. The van der Waals surface area contributed by atoms with Crippen molar-refractivity contribution in [1.29, 1.82) is 0 Å². The number of ether oxygens (including phenoxy) is 2. The van der Waals surface area contributed by atoms with Crippen molar-refractivity contribution in [3.8, 4) is 0 Å². The summed E-state index contributed by atoms with van der Waals surface area (Å²) in [7, 11) is 0. The highest BCUT2D eigenvalue weighted by atomic mass is 35.5. The quantitative estimate of drug-likeness (QED) is 0.220. The number of rotatable bonds is 9. The Kier molecular flexibility index (Phi) is 9.99. The van der Waals surface area contributed by atoms with Crippen LogP contribution in [0, 0.1) is 0 Å². The van der Waals surface area contributed by atoms with Crippen LogP contribution in [0.15, 0.2) is 71.2 Å². The summed E-state index contributed by atoms with van der Waals surface area (Å²) in [5.41, 5.74) is 2.57. The van der Waals surface area contributed by atoms with Crippen molar-refractivity contribution in [2.75, 3.05) is 25.6 Å². The minimum Gasteiger partial charge on any atom is -0.369 e. The molecule has 1 aliphatic rings. The zero-order valence-corrected chi connectivity index (χ0v) is 21.2. The van der Waals surface area contributed by atoms with Crippen LogP contribution < -0.4 is 5.32 Å². The molecule has 1 aliphatic heterocycles. The third kappa shape index (κ3) is 6.77. The lowest BCUT2D eigenvalue weighted by Crippen LogP contribution is -2.54. The van der Waals surface area contributed by atoms with Gasteiger partial charge in [0.15, 0.2) is 0 Å². The van der Waals surface area contributed by atoms with Gasteiger partial charge < -0.3 is 14.8 Å². The van der Waals surface area contributed by atoms with Gasteiger partial charge in [0.1, 0.15) is 11.7 Å². The zero-order valence-electron chi connectivity index (χ0n) is 18.0. The second-order valence-corrected chi connectivity index (χ2v) is 9.46. The molecule has 172 valence electrons. The van der Waals surface area contributed by atoms with Crippen molar-refractivity contribution in [2.45, 2.75) is 36.6 Å². The smallest absolute Gasteiger partial charge is 0.122 e. The first-order chi connectivity index (χ1) is 15.4. The van der Waals surface area contributed by atoms with Gasteiger partial charge in [0.2, 0.25) is 0 Å². The maximum atomic E-state index is 6.66. The van der Waals surface area contributed by atoms with Crippen LogP contribution in [0.5, 0.6) is 0 Å². The molecule has 0 radical (unpaired) electrons. The Balaban J connectivity index is 1.85. The van der Waals surface area contributed by atoms with Crippen LogP contribution in [-0.2, 0) is 21.7 Å². The summed E-state index contributed by atoms with van der Waals surface area (Å²) in [6.07, 6.45) is 6.48. The van der Waals surface area contributed by atoms with Crippen LogP contribution in [0.4, 0.5) is 0 Å². The second-order valence-electron chi connectivity index (χ2n) is 7.82. The molecule has 2 aromatic carbocycles. The monoisotopic (exact) mass is 511 g/mol. The summed E-state index contributed by atoms with van der Waals surface area (Å²) in [6.45, 7) is 4.47. The van der Waals surface area contributed by atoms with Crippen molar-refractivity contribution in [1.82, 2.24) is 5.32 Å². The van der Waals surface area contributed by atoms with Crippen LogP contribution in [0.2, 0.25) is 10.0 Å². The molecule has 1 saturated heterocycles. The summed E-state index contributed by atoms with van der Waals surface area (Å²) in [5.74, 6) is 0.487. The van der Waals surface area contributed by atoms with Gasteiger partial charge in [0.05, 0.1) is 23.3 Å². The van der Waals surface area contributed by atoms with Gasteiger partial charge in [0, 0.05) is 17.3 Å². The summed E-state index contributed by atoms with van der Waals surface area (Å²) in [6, 6.07) is 13.7. The molecule has 2 aromatic rings. The van der Waals surface area contributed by atoms with Crippen LogP contribution in [0.3, 0.4) is 0 Å². The lowest BCUT2D eigenvalue weighted by atomic mass is 9.82. The normalized spacial score (nSPS) is 21.9. The largest absolute Gasteiger partial charge is 0.369 e. The standard InChI is InChI=1S/C25H28Cl3NO2S/c1-18(4-2-3-12-26)16-31-25(20-6-8-21(32)9-7-20)11-13-29-15-24(25)30-17-19-5-10-22(27)23(28)14-19/h2-10,14,24,29,32H,11-13,15-17H2,1H3/b3-2-,18-4+. The topological polar surface area (TPSA) is 30.5 Å². The number of allylic oxidation sites excluding steroid dienone is 3. The van der Waals surface area contributed by atoms with E-state index >= 15 is 0 Å². The van der Waals surface area contributed by atoms with E-state index in [-0.39, 0.29) is 6.10 Å². The maximum Gasteiger partial charge on any atom is 0.122 e. The zero-order chi connectivity index (χ0) is 23.0. The van der Waals surface area contributed by atoms with Crippen molar-refractivity contribution in [3.05, 3.63) is 87.4 Å². The van der Waals surface area contributed by atoms with E-state index in [0.29, 0.717) is 35.7 Å². The minimum atomic E-state index is -0.589. The lowest BCUT2D eigenvalue weighted by molar-refractivity contribution is -0.165. The Morgan fingerprint density at radius 2 is 1.97 bits per heavy atom. The van der Waals surface area contributed by atoms with E-state index in [1.54, 1.807) is 6.07 Å². The molecule has 2 atom stereocenters. The Hall–Kier alpha value is -0.980. The summed E-state index contributed by atoms with van der Waals surface area (Å²) in [4.78, 5) is 0.911. The number of hydrogen-bond acceptors (Lipinski definition) is 4. The van der Waals surface area contributed by atoms with Gasteiger partial charge in [-0.05, 0) is 60.9 Å². The third-order valence-electron chi connectivity index (χ3n) is 5.48. The summed E-state index contributed by atoms with van der Waals surface area (Å²) < 4.78 is 13.1. The molecule has 0 amide bonds. The van der Waals surface area contributed by atoms with E-state index in [4.69, 9.17) is 44.3 Å². The van der Waals surface area contributed by atoms with Gasteiger partial charge in [-0.15, -0.1) is 24.2 Å². The van der Waals surface area contributed by atoms with E-state index in [1.807, 2.05) is 42.5 Å². The second kappa shape index (κ2) is 12.5. The molecule has 32 heavy (non-hydrogen) atoms. The van der Waals surface area contributed by atoms with Crippen LogP contribution in [0.25, 0.3) is 0 Å². The molecule has 0 saturated carbocycles. The van der Waals surface area contributed by atoms with Gasteiger partial charge in [-0.25, -0.2) is 0 Å².